The Balaban J connectivity index is 1.92. The van der Waals surface area contributed by atoms with Gasteiger partial charge in [-0.05, 0) is 36.8 Å². The lowest BCUT2D eigenvalue weighted by Crippen LogP contribution is -2.14. The van der Waals surface area contributed by atoms with Crippen LogP contribution in [-0.4, -0.2) is 11.7 Å². The number of nitrogens with one attached hydrogen (secondary N) is 1. The predicted octanol–water partition coefficient (Wildman–Crippen LogP) is 4.00. The molecule has 0 heterocycles. The molecule has 0 aromatic heterocycles. The van der Waals surface area contributed by atoms with Gasteiger partial charge in [0.2, 0.25) is 5.91 Å². The summed E-state index contributed by atoms with van der Waals surface area (Å²) in [4.78, 5) is 12.0. The van der Waals surface area contributed by atoms with Gasteiger partial charge in [0.25, 0.3) is 0 Å². The maximum Gasteiger partial charge on any atom is 0.234 e. The Kier molecular flexibility index (Phi) is 4.74. The predicted molar refractivity (Wildman–Crippen MR) is 76.9 cm³/mol. The van der Waals surface area contributed by atoms with Crippen LogP contribution in [0.3, 0.4) is 0 Å². The summed E-state index contributed by atoms with van der Waals surface area (Å²) in [6, 6.07) is 10.7. The number of amides is 1. The standard InChI is InChI=1S/C15H13F2NOS/c1-10-3-2-4-12(7-10)18-15(19)9-20-14-6-5-11(16)8-13(14)17/h2-8H,9H2,1H3,(H,18,19). The van der Waals surface area contributed by atoms with Crippen molar-refractivity contribution in [3.63, 3.8) is 0 Å². The van der Waals surface area contributed by atoms with Crippen LogP contribution in [0.2, 0.25) is 0 Å². The average molecular weight is 293 g/mol. The molecule has 0 unspecified atom stereocenters. The van der Waals surface area contributed by atoms with Gasteiger partial charge in [-0.25, -0.2) is 8.78 Å². The van der Waals surface area contributed by atoms with E-state index in [1.54, 1.807) is 6.07 Å². The molecule has 104 valence electrons. The molecule has 0 aliphatic carbocycles. The van der Waals surface area contributed by atoms with E-state index in [0.29, 0.717) is 5.69 Å². The monoisotopic (exact) mass is 293 g/mol. The fraction of sp³-hybridized carbons (Fsp3) is 0.133. The summed E-state index contributed by atoms with van der Waals surface area (Å²) in [7, 11) is 0. The Morgan fingerprint density at radius 2 is 2.00 bits per heavy atom. The maximum absolute atomic E-state index is 13.4. The molecule has 0 atom stereocenters. The molecule has 2 rings (SSSR count). The Hall–Kier alpha value is -1.88. The minimum Gasteiger partial charge on any atom is -0.325 e. The molecular weight excluding hydrogens is 280 g/mol. The third-order valence-electron chi connectivity index (χ3n) is 2.55. The minimum absolute atomic E-state index is 0.0660. The molecule has 0 bridgehead atoms. The Morgan fingerprint density at radius 1 is 1.20 bits per heavy atom. The highest BCUT2D eigenvalue weighted by atomic mass is 32.2. The normalized spacial score (nSPS) is 10.3. The fourth-order valence-corrected chi connectivity index (χ4v) is 2.38. The van der Waals surface area contributed by atoms with E-state index in [1.807, 2.05) is 25.1 Å². The van der Waals surface area contributed by atoms with Crippen molar-refractivity contribution < 1.29 is 13.6 Å². The second kappa shape index (κ2) is 6.52. The zero-order valence-electron chi connectivity index (χ0n) is 10.8. The van der Waals surface area contributed by atoms with Crippen LogP contribution in [0.4, 0.5) is 14.5 Å². The lowest BCUT2D eigenvalue weighted by Gasteiger charge is -2.06. The smallest absolute Gasteiger partial charge is 0.234 e. The average Bonchev–Trinajstić information content (AvgIpc) is 2.37. The van der Waals surface area contributed by atoms with Crippen LogP contribution in [0.1, 0.15) is 5.56 Å². The molecule has 0 saturated heterocycles. The van der Waals surface area contributed by atoms with Gasteiger partial charge in [0.1, 0.15) is 11.6 Å². The van der Waals surface area contributed by atoms with E-state index in [4.69, 9.17) is 0 Å². The molecule has 0 aliphatic rings. The molecule has 1 N–H and O–H groups in total. The third-order valence-corrected chi connectivity index (χ3v) is 3.60. The second-order valence-corrected chi connectivity index (χ2v) is 5.30. The Labute approximate surface area is 120 Å². The molecule has 0 aliphatic heterocycles. The highest BCUT2D eigenvalue weighted by molar-refractivity contribution is 8.00. The zero-order chi connectivity index (χ0) is 14.5. The number of carbonyl (C=O) groups excluding carboxylic acids is 1. The minimum atomic E-state index is -0.654. The number of aryl methyl sites for hydroxylation is 1. The maximum atomic E-state index is 13.4. The molecule has 0 fully saturated rings. The first kappa shape index (κ1) is 14.5. The van der Waals surface area contributed by atoms with Crippen molar-refractivity contribution in [3.05, 3.63) is 59.7 Å². The van der Waals surface area contributed by atoms with Crippen LogP contribution in [0.15, 0.2) is 47.4 Å². The molecule has 20 heavy (non-hydrogen) atoms. The van der Waals surface area contributed by atoms with Crippen molar-refractivity contribution >= 4 is 23.4 Å². The van der Waals surface area contributed by atoms with E-state index in [1.165, 1.54) is 12.1 Å². The number of thioether (sulfide) groups is 1. The van der Waals surface area contributed by atoms with E-state index in [2.05, 4.69) is 5.32 Å². The van der Waals surface area contributed by atoms with E-state index >= 15 is 0 Å². The summed E-state index contributed by atoms with van der Waals surface area (Å²) >= 11 is 1.03. The van der Waals surface area contributed by atoms with E-state index < -0.39 is 11.6 Å². The highest BCUT2D eigenvalue weighted by Crippen LogP contribution is 2.22. The highest BCUT2D eigenvalue weighted by Gasteiger charge is 2.08. The van der Waals surface area contributed by atoms with Gasteiger partial charge in [-0.15, -0.1) is 11.8 Å². The van der Waals surface area contributed by atoms with Crippen molar-refractivity contribution in [1.29, 1.82) is 0 Å². The van der Waals surface area contributed by atoms with Gasteiger partial charge in [0.05, 0.1) is 5.75 Å². The van der Waals surface area contributed by atoms with E-state index in [9.17, 15) is 13.6 Å². The lowest BCUT2D eigenvalue weighted by molar-refractivity contribution is -0.113. The number of anilines is 1. The van der Waals surface area contributed by atoms with Crippen LogP contribution < -0.4 is 5.32 Å². The Bertz CT molecular complexity index is 631. The summed E-state index contributed by atoms with van der Waals surface area (Å²) in [6.45, 7) is 1.93. The zero-order valence-corrected chi connectivity index (χ0v) is 11.6. The van der Waals surface area contributed by atoms with Crippen molar-refractivity contribution in [2.24, 2.45) is 0 Å². The van der Waals surface area contributed by atoms with Gasteiger partial charge < -0.3 is 5.32 Å². The fourth-order valence-electron chi connectivity index (χ4n) is 1.66. The topological polar surface area (TPSA) is 29.1 Å². The number of hydrogen-bond donors (Lipinski definition) is 1. The second-order valence-electron chi connectivity index (χ2n) is 4.28. The summed E-state index contributed by atoms with van der Waals surface area (Å²) in [6.07, 6.45) is 0. The lowest BCUT2D eigenvalue weighted by atomic mass is 10.2. The number of benzene rings is 2. The van der Waals surface area contributed by atoms with Crippen LogP contribution >= 0.6 is 11.8 Å². The van der Waals surface area contributed by atoms with Crippen molar-refractivity contribution in [3.8, 4) is 0 Å². The SMILES string of the molecule is Cc1cccc(NC(=O)CSc2ccc(F)cc2F)c1. The molecular formula is C15H13F2NOS. The van der Waals surface area contributed by atoms with Gasteiger partial charge in [-0.2, -0.15) is 0 Å². The summed E-state index contributed by atoms with van der Waals surface area (Å²) < 4.78 is 26.1. The van der Waals surface area contributed by atoms with Crippen LogP contribution in [0, 0.1) is 18.6 Å². The van der Waals surface area contributed by atoms with Gasteiger partial charge in [0, 0.05) is 16.6 Å². The number of carbonyl (C=O) groups is 1. The summed E-state index contributed by atoms with van der Waals surface area (Å²) in [5.74, 6) is -1.45. The summed E-state index contributed by atoms with van der Waals surface area (Å²) in [5.41, 5.74) is 1.75. The largest absolute Gasteiger partial charge is 0.325 e. The van der Waals surface area contributed by atoms with Crippen molar-refractivity contribution in [1.82, 2.24) is 0 Å². The van der Waals surface area contributed by atoms with Gasteiger partial charge in [0.15, 0.2) is 0 Å². The van der Waals surface area contributed by atoms with Gasteiger partial charge >= 0.3 is 0 Å². The van der Waals surface area contributed by atoms with Crippen LogP contribution in [-0.2, 0) is 4.79 Å². The van der Waals surface area contributed by atoms with Crippen molar-refractivity contribution in [2.75, 3.05) is 11.1 Å². The molecule has 2 nitrogen and oxygen atoms in total. The molecule has 0 radical (unpaired) electrons. The molecule has 2 aromatic carbocycles. The summed E-state index contributed by atoms with van der Waals surface area (Å²) in [5, 5.41) is 2.73. The van der Waals surface area contributed by atoms with Gasteiger partial charge in [-0.1, -0.05) is 12.1 Å². The first-order chi connectivity index (χ1) is 9.54. The quantitative estimate of drug-likeness (QED) is 0.863. The molecule has 0 spiro atoms. The van der Waals surface area contributed by atoms with E-state index in [0.717, 1.165) is 23.4 Å². The molecule has 5 heteroatoms. The number of rotatable bonds is 4. The molecule has 2 aromatic rings. The first-order valence-corrected chi connectivity index (χ1v) is 6.97. The Morgan fingerprint density at radius 3 is 2.70 bits per heavy atom. The molecule has 1 amide bonds. The van der Waals surface area contributed by atoms with Crippen molar-refractivity contribution in [2.45, 2.75) is 11.8 Å². The number of hydrogen-bond acceptors (Lipinski definition) is 2. The van der Waals surface area contributed by atoms with Crippen LogP contribution in [0.25, 0.3) is 0 Å². The third kappa shape index (κ3) is 4.06. The van der Waals surface area contributed by atoms with E-state index in [-0.39, 0.29) is 16.6 Å². The van der Waals surface area contributed by atoms with Crippen LogP contribution in [0.5, 0.6) is 0 Å². The van der Waals surface area contributed by atoms with Gasteiger partial charge in [-0.3, -0.25) is 4.79 Å². The first-order valence-electron chi connectivity index (χ1n) is 5.99. The number of halogens is 2. The molecule has 0 saturated carbocycles.